The van der Waals surface area contributed by atoms with Crippen molar-refractivity contribution in [1.82, 2.24) is 9.62 Å². The molecule has 1 heterocycles. The molecule has 1 aliphatic heterocycles. The lowest BCUT2D eigenvalue weighted by atomic mass is 10.4. The molecule has 0 bridgehead atoms. The first-order valence-electron chi connectivity index (χ1n) is 2.48. The lowest BCUT2D eigenvalue weighted by Gasteiger charge is -2.18. The van der Waals surface area contributed by atoms with Crippen molar-refractivity contribution in [3.05, 3.63) is 0 Å². The molecule has 0 aromatic rings. The van der Waals surface area contributed by atoms with Crippen LogP contribution < -0.4 is 5.32 Å². The van der Waals surface area contributed by atoms with Gasteiger partial charge in [-0.15, -0.1) is 0 Å². The molecule has 3 nitrogen and oxygen atoms in total. The van der Waals surface area contributed by atoms with E-state index < -0.39 is 0 Å². The van der Waals surface area contributed by atoms with Gasteiger partial charge in [-0.3, -0.25) is 4.79 Å². The molecule has 0 spiro atoms. The van der Waals surface area contributed by atoms with Crippen molar-refractivity contribution in [3.8, 4) is 0 Å². The SMILES string of the molecule is O=C1CN([S])CCN1. The van der Waals surface area contributed by atoms with Gasteiger partial charge in [0, 0.05) is 25.9 Å². The average Bonchev–Trinajstić information content (AvgIpc) is 1.64. The quantitative estimate of drug-likeness (QED) is 0.482. The highest BCUT2D eigenvalue weighted by molar-refractivity contribution is 7.77. The fourth-order valence-corrected chi connectivity index (χ4v) is 0.824. The van der Waals surface area contributed by atoms with E-state index in [4.69, 9.17) is 12.8 Å². The van der Waals surface area contributed by atoms with Gasteiger partial charge in [-0.2, -0.15) is 0 Å². The number of amides is 1. The summed E-state index contributed by atoms with van der Waals surface area (Å²) in [4.78, 5) is 10.5. The molecule has 1 aliphatic rings. The third kappa shape index (κ3) is 1.38. The van der Waals surface area contributed by atoms with Crippen LogP contribution in [0.4, 0.5) is 0 Å². The first kappa shape index (κ1) is 5.91. The first-order valence-corrected chi connectivity index (χ1v) is 2.84. The number of nitrogens with one attached hydrogen (secondary N) is 1. The second kappa shape index (κ2) is 2.37. The zero-order valence-electron chi connectivity index (χ0n) is 4.39. The van der Waals surface area contributed by atoms with E-state index in [9.17, 15) is 4.79 Å². The van der Waals surface area contributed by atoms with Crippen LogP contribution in [0.5, 0.6) is 0 Å². The van der Waals surface area contributed by atoms with Crippen molar-refractivity contribution in [2.75, 3.05) is 19.6 Å². The summed E-state index contributed by atoms with van der Waals surface area (Å²) in [7, 11) is 0. The summed E-state index contributed by atoms with van der Waals surface area (Å²) in [6.45, 7) is 1.86. The highest BCUT2D eigenvalue weighted by Gasteiger charge is 2.11. The largest absolute Gasteiger partial charge is 0.354 e. The fraction of sp³-hybridized carbons (Fsp3) is 0.750. The molecule has 1 fully saturated rings. The number of rotatable bonds is 0. The third-order valence-electron chi connectivity index (χ3n) is 1.00. The summed E-state index contributed by atoms with van der Waals surface area (Å²) in [5, 5.41) is 2.67. The highest BCUT2D eigenvalue weighted by atomic mass is 32.1. The molecule has 8 heavy (non-hydrogen) atoms. The van der Waals surface area contributed by atoms with Crippen molar-refractivity contribution in [2.24, 2.45) is 0 Å². The summed E-state index contributed by atoms with van der Waals surface area (Å²) in [5.41, 5.74) is 0. The number of hydrogen-bond donors (Lipinski definition) is 1. The van der Waals surface area contributed by atoms with Crippen molar-refractivity contribution in [2.45, 2.75) is 0 Å². The number of nitrogens with zero attached hydrogens (tertiary/aromatic N) is 1. The summed E-state index contributed by atoms with van der Waals surface area (Å²) in [6.07, 6.45) is 0. The van der Waals surface area contributed by atoms with Crippen LogP contribution in [0.15, 0.2) is 0 Å². The van der Waals surface area contributed by atoms with E-state index in [1.807, 2.05) is 0 Å². The van der Waals surface area contributed by atoms with Crippen molar-refractivity contribution in [3.63, 3.8) is 0 Å². The van der Waals surface area contributed by atoms with E-state index in [-0.39, 0.29) is 5.91 Å². The zero-order chi connectivity index (χ0) is 5.98. The Labute approximate surface area is 53.6 Å². The Morgan fingerprint density at radius 3 is 2.88 bits per heavy atom. The van der Waals surface area contributed by atoms with E-state index in [2.05, 4.69) is 5.32 Å². The van der Waals surface area contributed by atoms with Gasteiger partial charge < -0.3 is 5.32 Å². The summed E-state index contributed by atoms with van der Waals surface area (Å²) in [5.74, 6) is 0.0336. The van der Waals surface area contributed by atoms with Crippen LogP contribution in [-0.4, -0.2) is 29.8 Å². The van der Waals surface area contributed by atoms with Gasteiger partial charge in [0.25, 0.3) is 0 Å². The van der Waals surface area contributed by atoms with E-state index in [1.54, 1.807) is 4.31 Å². The van der Waals surface area contributed by atoms with Gasteiger partial charge in [-0.25, -0.2) is 4.31 Å². The molecule has 1 amide bonds. The van der Waals surface area contributed by atoms with E-state index in [0.29, 0.717) is 13.1 Å². The van der Waals surface area contributed by atoms with Crippen LogP contribution >= 0.6 is 12.8 Å². The molecule has 0 atom stereocenters. The van der Waals surface area contributed by atoms with Gasteiger partial charge >= 0.3 is 0 Å². The molecule has 1 radical (unpaired) electrons. The number of carbonyl (C=O) groups excluding carboxylic acids is 1. The van der Waals surface area contributed by atoms with E-state index in [0.717, 1.165) is 6.54 Å². The van der Waals surface area contributed by atoms with Crippen LogP contribution in [0.1, 0.15) is 0 Å². The molecular formula is C4H7N2OS. The van der Waals surface area contributed by atoms with Gasteiger partial charge in [0.1, 0.15) is 0 Å². The molecule has 0 aromatic carbocycles. The Bertz CT molecular complexity index is 106. The molecule has 0 aromatic heterocycles. The van der Waals surface area contributed by atoms with Crippen LogP contribution in [0.3, 0.4) is 0 Å². The molecule has 4 heteroatoms. The molecular weight excluding hydrogens is 124 g/mol. The molecule has 1 rings (SSSR count). The minimum absolute atomic E-state index is 0.0336. The lowest BCUT2D eigenvalue weighted by Crippen LogP contribution is -2.43. The standard InChI is InChI=1S/C4H7N2OS/c7-4-3-6(8)2-1-5-4/h1-3H2,(H,5,7). The van der Waals surface area contributed by atoms with Crippen molar-refractivity contribution < 1.29 is 4.79 Å². The second-order valence-corrected chi connectivity index (χ2v) is 2.23. The predicted molar refractivity (Wildman–Crippen MR) is 32.2 cm³/mol. The van der Waals surface area contributed by atoms with Crippen molar-refractivity contribution in [1.29, 1.82) is 0 Å². The van der Waals surface area contributed by atoms with Crippen molar-refractivity contribution >= 4 is 18.7 Å². The topological polar surface area (TPSA) is 32.3 Å². The lowest BCUT2D eigenvalue weighted by molar-refractivity contribution is -0.122. The molecule has 1 saturated heterocycles. The van der Waals surface area contributed by atoms with Gasteiger partial charge in [0.05, 0.1) is 6.54 Å². The molecule has 0 unspecified atom stereocenters. The maximum Gasteiger partial charge on any atom is 0.235 e. The summed E-state index contributed by atoms with van der Waals surface area (Å²) in [6, 6.07) is 0. The zero-order valence-corrected chi connectivity index (χ0v) is 5.20. The number of carbonyl (C=O) groups is 1. The number of piperazine rings is 1. The Morgan fingerprint density at radius 2 is 2.50 bits per heavy atom. The normalized spacial score (nSPS) is 22.9. The van der Waals surface area contributed by atoms with Gasteiger partial charge in [-0.05, 0) is 0 Å². The van der Waals surface area contributed by atoms with Gasteiger partial charge in [0.15, 0.2) is 0 Å². The maximum atomic E-state index is 10.5. The van der Waals surface area contributed by atoms with Gasteiger partial charge in [-0.1, -0.05) is 0 Å². The molecule has 0 aliphatic carbocycles. The molecule has 1 N–H and O–H groups in total. The Balaban J connectivity index is 2.34. The second-order valence-electron chi connectivity index (χ2n) is 1.71. The van der Waals surface area contributed by atoms with Crippen LogP contribution in [0, 0.1) is 0 Å². The fourth-order valence-electron chi connectivity index (χ4n) is 0.615. The Morgan fingerprint density at radius 1 is 1.75 bits per heavy atom. The minimum atomic E-state index is 0.0336. The molecule has 45 valence electrons. The van der Waals surface area contributed by atoms with Crippen LogP contribution in [-0.2, 0) is 4.79 Å². The Kier molecular flexibility index (Phi) is 1.75. The summed E-state index contributed by atoms with van der Waals surface area (Å²) < 4.78 is 1.58. The predicted octanol–water partition coefficient (Wildman–Crippen LogP) is -0.469. The minimum Gasteiger partial charge on any atom is -0.354 e. The number of hydrogen-bond acceptors (Lipinski definition) is 2. The van der Waals surface area contributed by atoms with Crippen LogP contribution in [0.25, 0.3) is 0 Å². The third-order valence-corrected chi connectivity index (χ3v) is 1.32. The summed E-state index contributed by atoms with van der Waals surface area (Å²) >= 11 is 4.74. The van der Waals surface area contributed by atoms with Crippen LogP contribution in [0.2, 0.25) is 0 Å². The van der Waals surface area contributed by atoms with E-state index >= 15 is 0 Å². The highest BCUT2D eigenvalue weighted by Crippen LogP contribution is 1.94. The first-order chi connectivity index (χ1) is 3.79. The Hall–Kier alpha value is -0.220. The monoisotopic (exact) mass is 131 g/mol. The van der Waals surface area contributed by atoms with Gasteiger partial charge in [0.2, 0.25) is 5.91 Å². The molecule has 0 saturated carbocycles. The average molecular weight is 131 g/mol. The van der Waals surface area contributed by atoms with E-state index in [1.165, 1.54) is 0 Å². The smallest absolute Gasteiger partial charge is 0.235 e. The maximum absolute atomic E-state index is 10.5.